The van der Waals surface area contributed by atoms with Crippen molar-refractivity contribution in [1.82, 2.24) is 0 Å². The molecule has 1 aliphatic rings. The molecule has 1 atom stereocenters. The lowest BCUT2D eigenvalue weighted by molar-refractivity contribution is -0.109. The van der Waals surface area contributed by atoms with Crippen LogP contribution in [0.15, 0.2) is 23.8 Å². The molecule has 1 unspecified atom stereocenters. The Balaban J connectivity index is 2.96. The van der Waals surface area contributed by atoms with Crippen LogP contribution in [0.4, 0.5) is 0 Å². The molecule has 0 bridgehead atoms. The largest absolute Gasteiger partial charge is 0.330 e. The highest BCUT2D eigenvalue weighted by Gasteiger charge is 2.30. The molecule has 1 rings (SSSR count). The van der Waals surface area contributed by atoms with Crippen LogP contribution in [0.1, 0.15) is 26.7 Å². The summed E-state index contributed by atoms with van der Waals surface area (Å²) in [4.78, 5) is 10.8. The Kier molecular flexibility index (Phi) is 3.27. The van der Waals surface area contributed by atoms with E-state index in [0.717, 1.165) is 24.7 Å². The van der Waals surface area contributed by atoms with Gasteiger partial charge in [-0.15, -0.1) is 0 Å². The van der Waals surface area contributed by atoms with Gasteiger partial charge < -0.3 is 10.5 Å². The zero-order valence-corrected chi connectivity index (χ0v) is 9.05. The second-order valence-electron chi connectivity index (χ2n) is 4.61. The number of carbonyl (C=O) groups is 1. The first-order valence-electron chi connectivity index (χ1n) is 5.05. The smallest absolute Gasteiger partial charge is 0.130 e. The molecule has 0 radical (unpaired) electrons. The van der Waals surface area contributed by atoms with Crippen LogP contribution in [0, 0.1) is 11.3 Å². The van der Waals surface area contributed by atoms with Crippen LogP contribution in [-0.4, -0.2) is 12.8 Å². The van der Waals surface area contributed by atoms with Crippen LogP contribution in [0.5, 0.6) is 0 Å². The van der Waals surface area contributed by atoms with Gasteiger partial charge in [0.25, 0.3) is 0 Å². The van der Waals surface area contributed by atoms with Crippen LogP contribution >= 0.6 is 0 Å². The van der Waals surface area contributed by atoms with Gasteiger partial charge in [-0.05, 0) is 24.8 Å². The molecule has 2 heteroatoms. The highest BCUT2D eigenvalue weighted by Crippen LogP contribution is 2.41. The van der Waals surface area contributed by atoms with Gasteiger partial charge in [-0.25, -0.2) is 0 Å². The highest BCUT2D eigenvalue weighted by molar-refractivity contribution is 5.63. The molecule has 0 aromatic heterocycles. The Bertz CT molecular complexity index is 276. The van der Waals surface area contributed by atoms with E-state index in [1.54, 1.807) is 0 Å². The first-order valence-corrected chi connectivity index (χ1v) is 5.05. The van der Waals surface area contributed by atoms with E-state index < -0.39 is 0 Å². The zero-order valence-electron chi connectivity index (χ0n) is 9.05. The Morgan fingerprint density at radius 2 is 2.36 bits per heavy atom. The third-order valence-corrected chi connectivity index (χ3v) is 2.95. The Morgan fingerprint density at radius 1 is 1.71 bits per heavy atom. The van der Waals surface area contributed by atoms with E-state index in [9.17, 15) is 4.79 Å². The predicted octanol–water partition coefficient (Wildman–Crippen LogP) is 2.06. The second kappa shape index (κ2) is 4.09. The summed E-state index contributed by atoms with van der Waals surface area (Å²) >= 11 is 0. The second-order valence-corrected chi connectivity index (χ2v) is 4.61. The standard InChI is InChI=1S/C12H19NO/c1-9-7-12(2,3)11(4-5-13)6-10(9)8-14/h6,8,10H,1,4-5,7,13H2,2-3H3. The number of rotatable bonds is 3. The Labute approximate surface area is 85.9 Å². The SMILES string of the molecule is C=C1CC(C)(C)C(CCN)=CC1C=O. The van der Waals surface area contributed by atoms with Crippen LogP contribution in [0.2, 0.25) is 0 Å². The first kappa shape index (κ1) is 11.2. The van der Waals surface area contributed by atoms with Gasteiger partial charge in [-0.1, -0.05) is 37.6 Å². The maximum Gasteiger partial charge on any atom is 0.130 e. The Morgan fingerprint density at radius 3 is 2.86 bits per heavy atom. The van der Waals surface area contributed by atoms with Gasteiger partial charge in [-0.3, -0.25) is 0 Å². The molecule has 2 nitrogen and oxygen atoms in total. The number of allylic oxidation sites excluding steroid dienone is 2. The van der Waals surface area contributed by atoms with Crippen LogP contribution in [-0.2, 0) is 4.79 Å². The van der Waals surface area contributed by atoms with Crippen LogP contribution in [0.3, 0.4) is 0 Å². The number of aldehydes is 1. The fourth-order valence-corrected chi connectivity index (χ4v) is 2.07. The molecule has 2 N–H and O–H groups in total. The van der Waals surface area contributed by atoms with E-state index in [4.69, 9.17) is 5.73 Å². The minimum absolute atomic E-state index is 0.0930. The third-order valence-electron chi connectivity index (χ3n) is 2.95. The molecule has 14 heavy (non-hydrogen) atoms. The number of nitrogens with two attached hydrogens (primary N) is 1. The third kappa shape index (κ3) is 2.13. The zero-order chi connectivity index (χ0) is 10.8. The molecule has 1 aliphatic carbocycles. The highest BCUT2D eigenvalue weighted by atomic mass is 16.1. The molecule has 0 aromatic rings. The summed E-state index contributed by atoms with van der Waals surface area (Å²) in [5.41, 5.74) is 7.99. The summed E-state index contributed by atoms with van der Waals surface area (Å²) in [6, 6.07) is 0. The van der Waals surface area contributed by atoms with Crippen molar-refractivity contribution in [3.8, 4) is 0 Å². The van der Waals surface area contributed by atoms with Crippen molar-refractivity contribution < 1.29 is 4.79 Å². The average Bonchev–Trinajstić information content (AvgIpc) is 2.09. The summed E-state index contributed by atoms with van der Waals surface area (Å²) in [7, 11) is 0. The lowest BCUT2D eigenvalue weighted by Gasteiger charge is -2.35. The van der Waals surface area contributed by atoms with E-state index in [0.29, 0.717) is 6.54 Å². The van der Waals surface area contributed by atoms with Crippen molar-refractivity contribution in [2.75, 3.05) is 6.54 Å². The van der Waals surface area contributed by atoms with Crippen molar-refractivity contribution in [1.29, 1.82) is 0 Å². The van der Waals surface area contributed by atoms with E-state index in [1.165, 1.54) is 5.57 Å². The maximum atomic E-state index is 10.8. The molecule has 0 saturated heterocycles. The van der Waals surface area contributed by atoms with Crippen LogP contribution in [0.25, 0.3) is 0 Å². The summed E-state index contributed by atoms with van der Waals surface area (Å²) < 4.78 is 0. The van der Waals surface area contributed by atoms with Crippen molar-refractivity contribution in [3.05, 3.63) is 23.8 Å². The molecular weight excluding hydrogens is 174 g/mol. The van der Waals surface area contributed by atoms with E-state index >= 15 is 0 Å². The molecule has 0 aliphatic heterocycles. The summed E-state index contributed by atoms with van der Waals surface area (Å²) in [5.74, 6) is -0.0930. The van der Waals surface area contributed by atoms with Crippen molar-refractivity contribution in [2.45, 2.75) is 26.7 Å². The van der Waals surface area contributed by atoms with Gasteiger partial charge >= 0.3 is 0 Å². The van der Waals surface area contributed by atoms with Gasteiger partial charge in [0.15, 0.2) is 0 Å². The monoisotopic (exact) mass is 193 g/mol. The molecule has 0 saturated carbocycles. The number of hydrogen-bond acceptors (Lipinski definition) is 2. The molecule has 0 spiro atoms. The first-order chi connectivity index (χ1) is 6.51. The Hall–Kier alpha value is -0.890. The molecule has 0 fully saturated rings. The molecular formula is C12H19NO. The van der Waals surface area contributed by atoms with Gasteiger partial charge in [0.1, 0.15) is 6.29 Å². The van der Waals surface area contributed by atoms with E-state index in [-0.39, 0.29) is 11.3 Å². The van der Waals surface area contributed by atoms with Crippen molar-refractivity contribution in [2.24, 2.45) is 17.1 Å². The maximum absolute atomic E-state index is 10.8. The van der Waals surface area contributed by atoms with Gasteiger partial charge in [-0.2, -0.15) is 0 Å². The van der Waals surface area contributed by atoms with E-state index in [1.807, 2.05) is 6.08 Å². The van der Waals surface area contributed by atoms with Crippen LogP contribution < -0.4 is 5.73 Å². The predicted molar refractivity (Wildman–Crippen MR) is 58.8 cm³/mol. The molecule has 78 valence electrons. The van der Waals surface area contributed by atoms with E-state index in [2.05, 4.69) is 20.4 Å². The fourth-order valence-electron chi connectivity index (χ4n) is 2.07. The summed E-state index contributed by atoms with van der Waals surface area (Å²) in [6.45, 7) is 8.96. The van der Waals surface area contributed by atoms with Crippen molar-refractivity contribution in [3.63, 3.8) is 0 Å². The van der Waals surface area contributed by atoms with Gasteiger partial charge in [0.2, 0.25) is 0 Å². The number of hydrogen-bond donors (Lipinski definition) is 1. The minimum atomic E-state index is -0.0930. The van der Waals surface area contributed by atoms with Gasteiger partial charge in [0, 0.05) is 0 Å². The molecule has 0 heterocycles. The van der Waals surface area contributed by atoms with Gasteiger partial charge in [0.05, 0.1) is 5.92 Å². The average molecular weight is 193 g/mol. The lowest BCUT2D eigenvalue weighted by Crippen LogP contribution is -2.25. The molecule has 0 amide bonds. The fraction of sp³-hybridized carbons (Fsp3) is 0.583. The van der Waals surface area contributed by atoms with Crippen molar-refractivity contribution >= 4 is 6.29 Å². The normalized spacial score (nSPS) is 25.8. The number of carbonyl (C=O) groups excluding carboxylic acids is 1. The summed E-state index contributed by atoms with van der Waals surface area (Å²) in [6.07, 6.45) is 4.77. The quantitative estimate of drug-likeness (QED) is 0.550. The molecule has 0 aromatic carbocycles. The summed E-state index contributed by atoms with van der Waals surface area (Å²) in [5, 5.41) is 0. The topological polar surface area (TPSA) is 43.1 Å². The minimum Gasteiger partial charge on any atom is -0.330 e. The lowest BCUT2D eigenvalue weighted by atomic mass is 9.70.